The Balaban J connectivity index is -0.000000193. The first-order valence-electron chi connectivity index (χ1n) is 3.69. The number of halogens is 16. The van der Waals surface area contributed by atoms with Crippen molar-refractivity contribution in [2.24, 2.45) is 0 Å². The molecule has 0 amide bonds. The fourth-order valence-corrected chi connectivity index (χ4v) is 1.16. The fraction of sp³-hybridized carbons (Fsp3) is 1.00. The Morgan fingerprint density at radius 3 is 0.773 bits per heavy atom. The van der Waals surface area contributed by atoms with E-state index in [0.717, 1.165) is 0 Å². The van der Waals surface area contributed by atoms with Gasteiger partial charge in [-0.15, -0.1) is 0 Å². The zero-order chi connectivity index (χ0) is 14.1. The van der Waals surface area contributed by atoms with E-state index in [9.17, 15) is 48.3 Å². The van der Waals surface area contributed by atoms with E-state index in [2.05, 4.69) is 0 Å². The number of hydrogen-bond donors (Lipinski definition) is 0. The molecule has 0 bridgehead atoms. The van der Waals surface area contributed by atoms with Crippen LogP contribution in [0, 0.1) is 0 Å². The molecule has 0 nitrogen and oxygen atoms in total. The molecule has 1 rings (SSSR count). The van der Waals surface area contributed by atoms with Gasteiger partial charge < -0.3 is 0 Å². The van der Waals surface area contributed by atoms with Crippen LogP contribution < -0.4 is 0 Å². The minimum atomic E-state index is -7.09. The lowest BCUT2D eigenvalue weighted by atomic mass is 9.81. The third-order valence-corrected chi connectivity index (χ3v) is 2.26. The van der Waals surface area contributed by atoms with Crippen LogP contribution in [0.15, 0.2) is 0 Å². The van der Waals surface area contributed by atoms with Crippen molar-refractivity contribution in [1.82, 2.24) is 0 Å². The van der Waals surface area contributed by atoms with Crippen LogP contribution in [0.4, 0.5) is 71.8 Å². The van der Waals surface area contributed by atoms with Crippen LogP contribution in [0.3, 0.4) is 0 Å². The van der Waals surface area contributed by atoms with Crippen LogP contribution in [0.1, 0.15) is 0 Å². The first-order valence-corrected chi connectivity index (χ1v) is 3.69. The molecule has 0 aromatic carbocycles. The lowest BCUT2D eigenvalue weighted by Gasteiger charge is -2.46. The molecule has 0 atom stereocenters. The van der Waals surface area contributed by atoms with Gasteiger partial charge in [0.05, 0.1) is 0 Å². The molecule has 0 heterocycles. The summed E-state index contributed by atoms with van der Waals surface area (Å²) < 4.78 is 135. The second-order valence-electron chi connectivity index (χ2n) is 3.33. The third kappa shape index (κ3) is 2.75. The topological polar surface area (TPSA) is 0 Å². The van der Waals surface area contributed by atoms with Gasteiger partial charge in [0, 0.05) is 0 Å². The Labute approximate surface area is 109 Å². The lowest BCUT2D eigenvalue weighted by Crippen LogP contribution is -2.78. The molecule has 0 radical (unpaired) electrons. The summed E-state index contributed by atoms with van der Waals surface area (Å²) in [7, 11) is 0. The number of alkyl halides is 11. The maximum atomic E-state index is 12.3. The molecule has 1 aliphatic rings. The first-order chi connectivity index (χ1) is 7.15. The van der Waals surface area contributed by atoms with E-state index in [4.69, 9.17) is 0 Å². The number of hydrogen-bond acceptors (Lipinski definition) is 0. The molecule has 0 unspecified atom stereocenters. The monoisotopic (exact) mass is 382 g/mol. The Hall–Kier alpha value is -1.12. The molecule has 0 saturated heterocycles. The average Bonchev–Trinajstić information content (AvgIpc) is 2.13. The van der Waals surface area contributed by atoms with Gasteiger partial charge in [-0.3, -0.25) is 23.5 Å². The molecule has 0 spiro atoms. The zero-order valence-electron chi connectivity index (χ0n) is 9.28. The van der Waals surface area contributed by atoms with Crippen LogP contribution in [0.5, 0.6) is 0 Å². The van der Waals surface area contributed by atoms with Crippen LogP contribution >= 0.6 is 0 Å². The van der Waals surface area contributed by atoms with Crippen molar-refractivity contribution in [3.63, 3.8) is 0 Å². The molecule has 22 heavy (non-hydrogen) atoms. The molecule has 0 aliphatic heterocycles. The quantitative estimate of drug-likeness (QED) is 0.549. The summed E-state index contributed by atoms with van der Waals surface area (Å²) in [5.41, 5.74) is 0. The summed E-state index contributed by atoms with van der Waals surface area (Å²) >= 11 is 0. The van der Waals surface area contributed by atoms with Crippen LogP contribution in [0.25, 0.3) is 0 Å². The van der Waals surface area contributed by atoms with E-state index in [0.29, 0.717) is 0 Å². The van der Waals surface area contributed by atoms with Gasteiger partial charge in [-0.2, -0.15) is 43.9 Å². The van der Waals surface area contributed by atoms with Gasteiger partial charge in [-0.1, -0.05) is 0 Å². The van der Waals surface area contributed by atoms with Gasteiger partial charge in [0.15, 0.2) is 0 Å². The van der Waals surface area contributed by atoms with E-state index in [-0.39, 0.29) is 23.5 Å². The summed E-state index contributed by atoms with van der Waals surface area (Å²) in [5.74, 6) is -34.2. The highest BCUT2D eigenvalue weighted by Crippen LogP contribution is 2.65. The SMILES string of the molecule is F.F.F.F.F.FC1C(F)(F)C(F)(F)C(F)(F)C(F)(F)C1(F)F. The second kappa shape index (κ2) is 6.97. The lowest BCUT2D eigenvalue weighted by molar-refractivity contribution is -0.461. The van der Waals surface area contributed by atoms with Crippen molar-refractivity contribution in [2.75, 3.05) is 0 Å². The van der Waals surface area contributed by atoms with Gasteiger partial charge in [0.25, 0.3) is 0 Å². The zero-order valence-corrected chi connectivity index (χ0v) is 9.28. The highest BCUT2D eigenvalue weighted by atomic mass is 19.4. The second-order valence-corrected chi connectivity index (χ2v) is 3.33. The fourth-order valence-electron chi connectivity index (χ4n) is 1.16. The van der Waals surface area contributed by atoms with Crippen molar-refractivity contribution in [1.29, 1.82) is 0 Å². The van der Waals surface area contributed by atoms with Gasteiger partial charge in [-0.25, -0.2) is 4.39 Å². The van der Waals surface area contributed by atoms with E-state index in [1.54, 1.807) is 0 Å². The largest absolute Gasteiger partial charge is 0.384 e. The Morgan fingerprint density at radius 1 is 0.409 bits per heavy atom. The summed E-state index contributed by atoms with van der Waals surface area (Å²) in [6.07, 6.45) is -5.43. The van der Waals surface area contributed by atoms with E-state index in [1.807, 2.05) is 0 Å². The smallest absolute Gasteiger partial charge is 0.269 e. The minimum absolute atomic E-state index is 0. The van der Waals surface area contributed by atoms with E-state index < -0.39 is 35.8 Å². The van der Waals surface area contributed by atoms with Gasteiger partial charge in [-0.05, 0) is 0 Å². The van der Waals surface area contributed by atoms with Crippen LogP contribution in [-0.4, -0.2) is 35.8 Å². The van der Waals surface area contributed by atoms with Crippen molar-refractivity contribution in [3.8, 4) is 0 Å². The molecule has 1 fully saturated rings. The summed E-state index contributed by atoms with van der Waals surface area (Å²) in [4.78, 5) is 0. The third-order valence-electron chi connectivity index (χ3n) is 2.26. The van der Waals surface area contributed by atoms with Gasteiger partial charge >= 0.3 is 29.6 Å². The molecule has 0 aromatic rings. The Bertz CT molecular complexity index is 302. The van der Waals surface area contributed by atoms with E-state index >= 15 is 0 Å². The normalized spacial score (nSPS) is 25.8. The molecule has 142 valence electrons. The van der Waals surface area contributed by atoms with E-state index in [1.165, 1.54) is 0 Å². The van der Waals surface area contributed by atoms with Crippen LogP contribution in [-0.2, 0) is 0 Å². The van der Waals surface area contributed by atoms with Crippen molar-refractivity contribution < 1.29 is 71.8 Å². The summed E-state index contributed by atoms with van der Waals surface area (Å²) in [5, 5.41) is 0. The average molecular weight is 382 g/mol. The van der Waals surface area contributed by atoms with Crippen molar-refractivity contribution >= 4 is 0 Å². The molecule has 0 aromatic heterocycles. The molecular formula is C6H6F16. The summed E-state index contributed by atoms with van der Waals surface area (Å²) in [6, 6.07) is 0. The maximum absolute atomic E-state index is 12.3. The highest BCUT2D eigenvalue weighted by molar-refractivity contribution is 5.19. The van der Waals surface area contributed by atoms with Crippen molar-refractivity contribution in [2.45, 2.75) is 35.8 Å². The standard InChI is InChI=1S/C6HF11.5FH/c7-1-2(8,9)4(12,13)6(16,17)5(14,15)3(1,10)11;;;;;/h1H;5*1H. The Morgan fingerprint density at radius 2 is 0.591 bits per heavy atom. The Kier molecular flexibility index (Phi) is 10.4. The first kappa shape index (κ1) is 32.7. The molecule has 16 heteroatoms. The minimum Gasteiger partial charge on any atom is -0.269 e. The predicted molar refractivity (Wildman–Crippen MR) is 42.1 cm³/mol. The van der Waals surface area contributed by atoms with Crippen molar-refractivity contribution in [3.05, 3.63) is 0 Å². The van der Waals surface area contributed by atoms with Gasteiger partial charge in [0.2, 0.25) is 6.17 Å². The summed E-state index contributed by atoms with van der Waals surface area (Å²) in [6.45, 7) is 0. The van der Waals surface area contributed by atoms with Gasteiger partial charge in [0.1, 0.15) is 0 Å². The maximum Gasteiger partial charge on any atom is 0.384 e. The number of rotatable bonds is 0. The molecule has 1 aliphatic carbocycles. The molecule has 1 saturated carbocycles. The van der Waals surface area contributed by atoms with Crippen LogP contribution in [0.2, 0.25) is 0 Å². The molecular weight excluding hydrogens is 376 g/mol. The predicted octanol–water partition coefficient (Wildman–Crippen LogP) is 4.28. The molecule has 0 N–H and O–H groups in total. The highest BCUT2D eigenvalue weighted by Gasteiger charge is 2.96.